The van der Waals surface area contributed by atoms with E-state index < -0.39 is 11.9 Å². The summed E-state index contributed by atoms with van der Waals surface area (Å²) in [6.45, 7) is 6.83. The van der Waals surface area contributed by atoms with Crippen molar-refractivity contribution in [2.24, 2.45) is 23.5 Å². The standard InChI is InChI=1S/C14H28N2O3/c1-4-5-12(14(18)19)9-16-13(17)7-11(8-15)6-10(2)3/h10-12H,4-9,15H2,1-3H3,(H,16,17)(H,18,19)/t11-,12?/m0/s1. The first kappa shape index (κ1) is 17.9. The van der Waals surface area contributed by atoms with Gasteiger partial charge in [-0.05, 0) is 31.2 Å². The van der Waals surface area contributed by atoms with Crippen LogP contribution in [0.25, 0.3) is 0 Å². The van der Waals surface area contributed by atoms with Crippen molar-refractivity contribution in [2.45, 2.75) is 46.5 Å². The van der Waals surface area contributed by atoms with E-state index in [9.17, 15) is 9.59 Å². The van der Waals surface area contributed by atoms with Crippen LogP contribution in [0.15, 0.2) is 0 Å². The van der Waals surface area contributed by atoms with Crippen LogP contribution in [0.2, 0.25) is 0 Å². The fourth-order valence-electron chi connectivity index (χ4n) is 2.16. The summed E-state index contributed by atoms with van der Waals surface area (Å²) in [5.74, 6) is -0.754. The Bertz CT molecular complexity index is 280. The molecular formula is C14H28N2O3. The Morgan fingerprint density at radius 1 is 1.32 bits per heavy atom. The normalized spacial score (nSPS) is 14.2. The molecule has 0 saturated carbocycles. The molecule has 0 fully saturated rings. The second-order valence-corrected chi connectivity index (χ2v) is 5.56. The number of hydrogen-bond acceptors (Lipinski definition) is 3. The number of aliphatic carboxylic acids is 1. The summed E-state index contributed by atoms with van der Waals surface area (Å²) in [6, 6.07) is 0. The first-order valence-corrected chi connectivity index (χ1v) is 7.10. The maximum Gasteiger partial charge on any atom is 0.308 e. The fourth-order valence-corrected chi connectivity index (χ4v) is 2.16. The minimum atomic E-state index is -0.847. The Morgan fingerprint density at radius 3 is 2.37 bits per heavy atom. The molecule has 5 nitrogen and oxygen atoms in total. The first-order chi connectivity index (χ1) is 8.90. The van der Waals surface area contributed by atoms with Crippen LogP contribution < -0.4 is 11.1 Å². The van der Waals surface area contributed by atoms with Gasteiger partial charge in [0.2, 0.25) is 5.91 Å². The van der Waals surface area contributed by atoms with Crippen molar-refractivity contribution >= 4 is 11.9 Å². The number of nitrogens with two attached hydrogens (primary N) is 1. The van der Waals surface area contributed by atoms with E-state index in [1.807, 2.05) is 6.92 Å². The van der Waals surface area contributed by atoms with Gasteiger partial charge in [-0.1, -0.05) is 27.2 Å². The Kier molecular flexibility index (Phi) is 9.21. The van der Waals surface area contributed by atoms with Crippen LogP contribution in [-0.4, -0.2) is 30.1 Å². The minimum Gasteiger partial charge on any atom is -0.481 e. The summed E-state index contributed by atoms with van der Waals surface area (Å²) in [5.41, 5.74) is 5.65. The van der Waals surface area contributed by atoms with Crippen molar-refractivity contribution in [1.29, 1.82) is 0 Å². The van der Waals surface area contributed by atoms with Gasteiger partial charge in [0, 0.05) is 13.0 Å². The first-order valence-electron chi connectivity index (χ1n) is 7.10. The van der Waals surface area contributed by atoms with E-state index >= 15 is 0 Å². The van der Waals surface area contributed by atoms with Crippen molar-refractivity contribution in [1.82, 2.24) is 5.32 Å². The molecule has 0 radical (unpaired) electrons. The number of carboxylic acid groups (broad SMARTS) is 1. The summed E-state index contributed by atoms with van der Waals surface area (Å²) < 4.78 is 0. The number of amides is 1. The third-order valence-corrected chi connectivity index (χ3v) is 3.14. The highest BCUT2D eigenvalue weighted by molar-refractivity contribution is 5.77. The van der Waals surface area contributed by atoms with Crippen LogP contribution in [-0.2, 0) is 9.59 Å². The number of carbonyl (C=O) groups excluding carboxylic acids is 1. The minimum absolute atomic E-state index is 0.0987. The molecule has 0 aromatic heterocycles. The van der Waals surface area contributed by atoms with Crippen LogP contribution in [0.3, 0.4) is 0 Å². The molecule has 19 heavy (non-hydrogen) atoms. The molecule has 0 saturated heterocycles. The van der Waals surface area contributed by atoms with E-state index in [2.05, 4.69) is 19.2 Å². The van der Waals surface area contributed by atoms with Gasteiger partial charge in [-0.2, -0.15) is 0 Å². The zero-order chi connectivity index (χ0) is 14.8. The number of nitrogens with one attached hydrogen (secondary N) is 1. The largest absolute Gasteiger partial charge is 0.481 e. The molecule has 0 aliphatic heterocycles. The molecule has 0 spiro atoms. The summed E-state index contributed by atoms with van der Waals surface area (Å²) in [5, 5.41) is 11.7. The molecule has 112 valence electrons. The lowest BCUT2D eigenvalue weighted by atomic mass is 9.94. The lowest BCUT2D eigenvalue weighted by Crippen LogP contribution is -2.35. The average Bonchev–Trinajstić information content (AvgIpc) is 2.32. The smallest absolute Gasteiger partial charge is 0.308 e. The highest BCUT2D eigenvalue weighted by Crippen LogP contribution is 2.14. The fraction of sp³-hybridized carbons (Fsp3) is 0.857. The summed E-state index contributed by atoms with van der Waals surface area (Å²) in [7, 11) is 0. The number of rotatable bonds is 10. The highest BCUT2D eigenvalue weighted by Gasteiger charge is 2.19. The number of carbonyl (C=O) groups is 2. The molecule has 0 aromatic rings. The molecule has 0 aliphatic carbocycles. The molecule has 4 N–H and O–H groups in total. The molecule has 0 aromatic carbocycles. The van der Waals surface area contributed by atoms with Gasteiger partial charge in [0.05, 0.1) is 5.92 Å². The van der Waals surface area contributed by atoms with Crippen LogP contribution in [0.5, 0.6) is 0 Å². The molecular weight excluding hydrogens is 244 g/mol. The van der Waals surface area contributed by atoms with E-state index in [1.165, 1.54) is 0 Å². The van der Waals surface area contributed by atoms with Crippen LogP contribution in [0, 0.1) is 17.8 Å². The maximum atomic E-state index is 11.8. The van der Waals surface area contributed by atoms with Gasteiger partial charge < -0.3 is 16.2 Å². The van der Waals surface area contributed by atoms with E-state index in [-0.39, 0.29) is 18.4 Å². The predicted molar refractivity (Wildman–Crippen MR) is 75.7 cm³/mol. The molecule has 0 bridgehead atoms. The van der Waals surface area contributed by atoms with Gasteiger partial charge in [-0.25, -0.2) is 0 Å². The van der Waals surface area contributed by atoms with E-state index in [4.69, 9.17) is 10.8 Å². The van der Waals surface area contributed by atoms with Gasteiger partial charge in [0.25, 0.3) is 0 Å². The molecule has 0 heterocycles. The Balaban J connectivity index is 4.11. The van der Waals surface area contributed by atoms with Crippen molar-refractivity contribution in [2.75, 3.05) is 13.1 Å². The van der Waals surface area contributed by atoms with Crippen LogP contribution in [0.1, 0.15) is 46.5 Å². The van der Waals surface area contributed by atoms with Gasteiger partial charge in [0.15, 0.2) is 0 Å². The molecule has 1 amide bonds. The molecule has 2 atom stereocenters. The van der Waals surface area contributed by atoms with Crippen LogP contribution >= 0.6 is 0 Å². The van der Waals surface area contributed by atoms with Gasteiger partial charge in [-0.15, -0.1) is 0 Å². The molecule has 0 rings (SSSR count). The Hall–Kier alpha value is -1.10. The Labute approximate surface area is 115 Å². The highest BCUT2D eigenvalue weighted by atomic mass is 16.4. The average molecular weight is 272 g/mol. The van der Waals surface area contributed by atoms with Gasteiger partial charge in [0.1, 0.15) is 0 Å². The third-order valence-electron chi connectivity index (χ3n) is 3.14. The summed E-state index contributed by atoms with van der Waals surface area (Å²) >= 11 is 0. The van der Waals surface area contributed by atoms with Gasteiger partial charge in [-0.3, -0.25) is 9.59 Å². The second kappa shape index (κ2) is 9.78. The quantitative estimate of drug-likeness (QED) is 0.563. The van der Waals surface area contributed by atoms with Crippen LogP contribution in [0.4, 0.5) is 0 Å². The number of carboxylic acids is 1. The maximum absolute atomic E-state index is 11.8. The predicted octanol–water partition coefficient (Wildman–Crippen LogP) is 1.61. The van der Waals surface area contributed by atoms with Crippen molar-refractivity contribution in [3.8, 4) is 0 Å². The summed E-state index contributed by atoms with van der Waals surface area (Å²) in [6.07, 6.45) is 2.68. The van der Waals surface area contributed by atoms with Crippen molar-refractivity contribution in [3.63, 3.8) is 0 Å². The van der Waals surface area contributed by atoms with E-state index in [0.29, 0.717) is 25.3 Å². The topological polar surface area (TPSA) is 92.4 Å². The summed E-state index contributed by atoms with van der Waals surface area (Å²) in [4.78, 5) is 22.7. The van der Waals surface area contributed by atoms with E-state index in [0.717, 1.165) is 12.8 Å². The van der Waals surface area contributed by atoms with Gasteiger partial charge >= 0.3 is 5.97 Å². The lowest BCUT2D eigenvalue weighted by molar-refractivity contribution is -0.141. The number of hydrogen-bond donors (Lipinski definition) is 3. The van der Waals surface area contributed by atoms with Crippen molar-refractivity contribution < 1.29 is 14.7 Å². The van der Waals surface area contributed by atoms with E-state index in [1.54, 1.807) is 0 Å². The molecule has 0 aliphatic rings. The lowest BCUT2D eigenvalue weighted by Gasteiger charge is -2.17. The third kappa shape index (κ3) is 8.59. The Morgan fingerprint density at radius 2 is 1.95 bits per heavy atom. The second-order valence-electron chi connectivity index (χ2n) is 5.56. The molecule has 1 unspecified atom stereocenters. The SMILES string of the molecule is CCCC(CNC(=O)C[C@@H](CN)CC(C)C)C(=O)O. The van der Waals surface area contributed by atoms with Crippen molar-refractivity contribution in [3.05, 3.63) is 0 Å². The zero-order valence-corrected chi connectivity index (χ0v) is 12.3. The molecule has 5 heteroatoms. The monoisotopic (exact) mass is 272 g/mol. The zero-order valence-electron chi connectivity index (χ0n) is 12.3.